The fourth-order valence-corrected chi connectivity index (χ4v) is 2.56. The highest BCUT2D eigenvalue weighted by Gasteiger charge is 2.17. The summed E-state index contributed by atoms with van der Waals surface area (Å²) in [6.45, 7) is 1.39. The molecule has 5 heteroatoms. The number of hydrazine groups is 1. The Labute approximate surface area is 122 Å². The van der Waals surface area contributed by atoms with Gasteiger partial charge < -0.3 is 4.74 Å². The zero-order valence-corrected chi connectivity index (χ0v) is 12.4. The van der Waals surface area contributed by atoms with E-state index in [1.54, 1.807) is 0 Å². The summed E-state index contributed by atoms with van der Waals surface area (Å²) in [6.07, 6.45) is 3.77. The number of nitrogens with one attached hydrogen (secondary N) is 2. The molecule has 1 unspecified atom stereocenters. The van der Waals surface area contributed by atoms with Gasteiger partial charge in [0.2, 0.25) is 5.91 Å². The second-order valence-corrected chi connectivity index (χ2v) is 5.64. The van der Waals surface area contributed by atoms with E-state index in [-0.39, 0.29) is 12.0 Å². The van der Waals surface area contributed by atoms with E-state index in [4.69, 9.17) is 4.74 Å². The van der Waals surface area contributed by atoms with E-state index in [1.165, 1.54) is 0 Å². The molecule has 1 atom stereocenters. The second-order valence-electron chi connectivity index (χ2n) is 4.72. The largest absolute Gasteiger partial charge is 0.378 e. The minimum Gasteiger partial charge on any atom is -0.378 e. The summed E-state index contributed by atoms with van der Waals surface area (Å²) in [7, 11) is 0. The van der Waals surface area contributed by atoms with Crippen LogP contribution in [0.2, 0.25) is 0 Å². The van der Waals surface area contributed by atoms with Crippen LogP contribution >= 0.6 is 15.9 Å². The Morgan fingerprint density at radius 2 is 2.32 bits per heavy atom. The van der Waals surface area contributed by atoms with Gasteiger partial charge in [0.1, 0.15) is 0 Å². The van der Waals surface area contributed by atoms with E-state index in [2.05, 4.69) is 26.8 Å². The summed E-state index contributed by atoms with van der Waals surface area (Å²) in [5.74, 6) is -0.0121. The number of carbonyl (C=O) groups excluding carboxylic acids is 1. The highest BCUT2D eigenvalue weighted by atomic mass is 79.9. The van der Waals surface area contributed by atoms with Crippen molar-refractivity contribution in [2.45, 2.75) is 38.3 Å². The number of hydrogen-bond donors (Lipinski definition) is 2. The molecule has 1 saturated heterocycles. The number of halogens is 1. The molecular weight excluding hydrogens is 308 g/mol. The van der Waals surface area contributed by atoms with Crippen LogP contribution in [-0.2, 0) is 16.1 Å². The van der Waals surface area contributed by atoms with E-state index in [0.717, 1.165) is 35.9 Å². The lowest BCUT2D eigenvalue weighted by Gasteiger charge is -2.22. The van der Waals surface area contributed by atoms with Gasteiger partial charge in [-0.25, -0.2) is 5.43 Å². The standard InChI is InChI=1S/C14H19BrN2O2/c15-12-5-3-4-11(8-12)10-16-17-14(18)9-13-6-1-2-7-19-13/h3-5,8,13,16H,1-2,6-7,9-10H2,(H,17,18). The molecule has 1 aromatic rings. The van der Waals surface area contributed by atoms with Crippen molar-refractivity contribution in [3.05, 3.63) is 34.3 Å². The second kappa shape index (κ2) is 7.62. The van der Waals surface area contributed by atoms with E-state index in [1.807, 2.05) is 24.3 Å². The average Bonchev–Trinajstić information content (AvgIpc) is 2.40. The van der Waals surface area contributed by atoms with Gasteiger partial charge in [0.25, 0.3) is 0 Å². The smallest absolute Gasteiger partial charge is 0.236 e. The Balaban J connectivity index is 1.66. The van der Waals surface area contributed by atoms with Crippen LogP contribution in [0.3, 0.4) is 0 Å². The molecule has 1 fully saturated rings. The number of rotatable bonds is 5. The van der Waals surface area contributed by atoms with Crippen LogP contribution in [0.15, 0.2) is 28.7 Å². The van der Waals surface area contributed by atoms with Gasteiger partial charge in [0.05, 0.1) is 12.5 Å². The summed E-state index contributed by atoms with van der Waals surface area (Å²) in [5.41, 5.74) is 6.77. The van der Waals surface area contributed by atoms with Gasteiger partial charge in [-0.2, -0.15) is 0 Å². The first kappa shape index (κ1) is 14.5. The Kier molecular flexibility index (Phi) is 5.82. The van der Waals surface area contributed by atoms with E-state index >= 15 is 0 Å². The SMILES string of the molecule is O=C(CC1CCCCO1)NNCc1cccc(Br)c1. The molecule has 1 heterocycles. The topological polar surface area (TPSA) is 50.4 Å². The lowest BCUT2D eigenvalue weighted by atomic mass is 10.1. The first-order valence-corrected chi connectivity index (χ1v) is 7.41. The molecule has 0 spiro atoms. The van der Waals surface area contributed by atoms with Crippen LogP contribution < -0.4 is 10.9 Å². The van der Waals surface area contributed by atoms with Gasteiger partial charge in [-0.1, -0.05) is 28.1 Å². The Morgan fingerprint density at radius 1 is 1.42 bits per heavy atom. The molecule has 0 bridgehead atoms. The summed E-state index contributed by atoms with van der Waals surface area (Å²) in [6, 6.07) is 7.97. The lowest BCUT2D eigenvalue weighted by Crippen LogP contribution is -2.39. The van der Waals surface area contributed by atoms with Crippen molar-refractivity contribution in [3.63, 3.8) is 0 Å². The number of benzene rings is 1. The Morgan fingerprint density at radius 3 is 3.05 bits per heavy atom. The molecule has 19 heavy (non-hydrogen) atoms. The fraction of sp³-hybridized carbons (Fsp3) is 0.500. The average molecular weight is 327 g/mol. The molecule has 4 nitrogen and oxygen atoms in total. The van der Waals surface area contributed by atoms with Gasteiger partial charge in [-0.15, -0.1) is 0 Å². The van der Waals surface area contributed by atoms with Crippen molar-refractivity contribution in [1.29, 1.82) is 0 Å². The summed E-state index contributed by atoms with van der Waals surface area (Å²) in [4.78, 5) is 11.7. The van der Waals surface area contributed by atoms with Crippen LogP contribution in [0.25, 0.3) is 0 Å². The minimum atomic E-state index is -0.0121. The third kappa shape index (κ3) is 5.30. The normalized spacial score (nSPS) is 19.1. The maximum Gasteiger partial charge on any atom is 0.236 e. The predicted molar refractivity (Wildman–Crippen MR) is 77.3 cm³/mol. The van der Waals surface area contributed by atoms with Crippen LogP contribution in [0, 0.1) is 0 Å². The molecule has 1 amide bonds. The summed E-state index contributed by atoms with van der Waals surface area (Å²) in [5, 5.41) is 0. The minimum absolute atomic E-state index is 0.0121. The number of amides is 1. The van der Waals surface area contributed by atoms with Crippen LogP contribution in [0.1, 0.15) is 31.2 Å². The molecule has 1 aromatic carbocycles. The maximum atomic E-state index is 11.7. The molecular formula is C14H19BrN2O2. The molecule has 0 radical (unpaired) electrons. The number of hydrogen-bond acceptors (Lipinski definition) is 3. The van der Waals surface area contributed by atoms with E-state index in [0.29, 0.717) is 13.0 Å². The Hall–Kier alpha value is -0.910. The Bertz CT molecular complexity index is 420. The van der Waals surface area contributed by atoms with Crippen LogP contribution in [0.4, 0.5) is 0 Å². The molecule has 0 aliphatic carbocycles. The maximum absolute atomic E-state index is 11.7. The highest BCUT2D eigenvalue weighted by molar-refractivity contribution is 9.10. The monoisotopic (exact) mass is 326 g/mol. The van der Waals surface area contributed by atoms with Gasteiger partial charge in [0.15, 0.2) is 0 Å². The number of carbonyl (C=O) groups is 1. The van der Waals surface area contributed by atoms with E-state index in [9.17, 15) is 4.79 Å². The van der Waals surface area contributed by atoms with Crippen molar-refractivity contribution in [1.82, 2.24) is 10.9 Å². The molecule has 1 aliphatic heterocycles. The molecule has 104 valence electrons. The van der Waals surface area contributed by atoms with E-state index < -0.39 is 0 Å². The predicted octanol–water partition coefficient (Wildman–Crippen LogP) is 2.53. The molecule has 2 rings (SSSR count). The van der Waals surface area contributed by atoms with Gasteiger partial charge in [-0.3, -0.25) is 10.2 Å². The van der Waals surface area contributed by atoms with Crippen molar-refractivity contribution >= 4 is 21.8 Å². The van der Waals surface area contributed by atoms with Crippen molar-refractivity contribution in [2.24, 2.45) is 0 Å². The summed E-state index contributed by atoms with van der Waals surface area (Å²) < 4.78 is 6.57. The molecule has 0 saturated carbocycles. The molecule has 1 aliphatic rings. The quantitative estimate of drug-likeness (QED) is 0.817. The molecule has 0 aromatic heterocycles. The van der Waals surface area contributed by atoms with Gasteiger partial charge in [0, 0.05) is 17.6 Å². The van der Waals surface area contributed by atoms with Gasteiger partial charge in [-0.05, 0) is 37.0 Å². The van der Waals surface area contributed by atoms with Crippen molar-refractivity contribution < 1.29 is 9.53 Å². The van der Waals surface area contributed by atoms with Gasteiger partial charge >= 0.3 is 0 Å². The number of ether oxygens (including phenoxy) is 1. The van der Waals surface area contributed by atoms with Crippen LogP contribution in [-0.4, -0.2) is 18.6 Å². The van der Waals surface area contributed by atoms with Crippen LogP contribution in [0.5, 0.6) is 0 Å². The highest BCUT2D eigenvalue weighted by Crippen LogP contribution is 2.15. The third-order valence-electron chi connectivity index (χ3n) is 3.10. The lowest BCUT2D eigenvalue weighted by molar-refractivity contribution is -0.125. The first-order chi connectivity index (χ1) is 9.24. The zero-order valence-electron chi connectivity index (χ0n) is 10.8. The first-order valence-electron chi connectivity index (χ1n) is 6.62. The fourth-order valence-electron chi connectivity index (χ4n) is 2.12. The van der Waals surface area contributed by atoms with Crippen molar-refractivity contribution in [3.8, 4) is 0 Å². The third-order valence-corrected chi connectivity index (χ3v) is 3.59. The zero-order chi connectivity index (χ0) is 13.5. The van der Waals surface area contributed by atoms with Crippen molar-refractivity contribution in [2.75, 3.05) is 6.61 Å². The molecule has 2 N–H and O–H groups in total. The summed E-state index contributed by atoms with van der Waals surface area (Å²) >= 11 is 3.42.